The van der Waals surface area contributed by atoms with Gasteiger partial charge in [0.05, 0.1) is 30.5 Å². The van der Waals surface area contributed by atoms with Crippen LogP contribution in [0.5, 0.6) is 0 Å². The van der Waals surface area contributed by atoms with E-state index < -0.39 is 0 Å². The molecule has 5 nitrogen and oxygen atoms in total. The Bertz CT molecular complexity index is 347. The van der Waals surface area contributed by atoms with Crippen molar-refractivity contribution in [3.63, 3.8) is 0 Å². The number of aromatic nitrogens is 2. The highest BCUT2D eigenvalue weighted by Crippen LogP contribution is 2.15. The summed E-state index contributed by atoms with van der Waals surface area (Å²) in [6.07, 6.45) is 5.28. The molecule has 0 aliphatic rings. The molecule has 0 saturated carbocycles. The predicted octanol–water partition coefficient (Wildman–Crippen LogP) is 2.04. The van der Waals surface area contributed by atoms with Gasteiger partial charge in [0.2, 0.25) is 0 Å². The Morgan fingerprint density at radius 1 is 1.37 bits per heavy atom. The van der Waals surface area contributed by atoms with Crippen LogP contribution in [0.15, 0.2) is 12.3 Å². The number of rotatable bonds is 9. The molecule has 0 aromatic carbocycles. The van der Waals surface area contributed by atoms with Gasteiger partial charge in [-0.1, -0.05) is 13.8 Å². The fourth-order valence-electron chi connectivity index (χ4n) is 2.08. The summed E-state index contributed by atoms with van der Waals surface area (Å²) in [5, 5.41) is 4.63. The number of nitrogens with zero attached hydrogens (tertiary/aromatic N) is 2. The van der Waals surface area contributed by atoms with Gasteiger partial charge in [0.1, 0.15) is 0 Å². The van der Waals surface area contributed by atoms with Gasteiger partial charge in [-0.05, 0) is 32.8 Å². The second-order valence-electron chi connectivity index (χ2n) is 5.21. The molecule has 110 valence electrons. The zero-order valence-electron chi connectivity index (χ0n) is 12.6. The van der Waals surface area contributed by atoms with E-state index in [1.165, 1.54) is 0 Å². The lowest BCUT2D eigenvalue weighted by molar-refractivity contribution is 0.0611. The fourth-order valence-corrected chi connectivity index (χ4v) is 2.08. The molecule has 1 rings (SSSR count). The van der Waals surface area contributed by atoms with Crippen LogP contribution < -0.4 is 11.3 Å². The molecule has 1 unspecified atom stereocenters. The first-order valence-electron chi connectivity index (χ1n) is 7.22. The van der Waals surface area contributed by atoms with Gasteiger partial charge >= 0.3 is 0 Å². The number of hydrogen-bond acceptors (Lipinski definition) is 4. The number of hydrogen-bond donors (Lipinski definition) is 2. The van der Waals surface area contributed by atoms with Crippen LogP contribution in [0.25, 0.3) is 0 Å². The van der Waals surface area contributed by atoms with E-state index in [0.717, 1.165) is 25.0 Å². The van der Waals surface area contributed by atoms with Gasteiger partial charge in [-0.25, -0.2) is 0 Å². The monoisotopic (exact) mass is 268 g/mol. The van der Waals surface area contributed by atoms with Gasteiger partial charge in [0.25, 0.3) is 0 Å². The third-order valence-electron chi connectivity index (χ3n) is 3.30. The zero-order valence-corrected chi connectivity index (χ0v) is 12.6. The van der Waals surface area contributed by atoms with Gasteiger partial charge in [0.15, 0.2) is 0 Å². The van der Waals surface area contributed by atoms with Gasteiger partial charge < -0.3 is 4.74 Å². The van der Waals surface area contributed by atoms with Crippen molar-refractivity contribution in [2.75, 3.05) is 6.61 Å². The zero-order chi connectivity index (χ0) is 14.3. The molecule has 1 aromatic rings. The van der Waals surface area contributed by atoms with Crippen molar-refractivity contribution in [3.8, 4) is 0 Å². The number of hydrazine groups is 1. The summed E-state index contributed by atoms with van der Waals surface area (Å²) in [7, 11) is 0. The summed E-state index contributed by atoms with van der Waals surface area (Å²) in [5.74, 6) is 5.56. The van der Waals surface area contributed by atoms with Crippen LogP contribution in [0.2, 0.25) is 0 Å². The van der Waals surface area contributed by atoms with E-state index in [4.69, 9.17) is 10.6 Å². The second kappa shape index (κ2) is 8.30. The lowest BCUT2D eigenvalue weighted by Gasteiger charge is -2.17. The predicted molar refractivity (Wildman–Crippen MR) is 77.7 cm³/mol. The molecule has 0 saturated heterocycles. The smallest absolute Gasteiger partial charge is 0.0641 e. The minimum atomic E-state index is 0.104. The van der Waals surface area contributed by atoms with Crippen LogP contribution in [0.4, 0.5) is 0 Å². The van der Waals surface area contributed by atoms with Crippen LogP contribution >= 0.6 is 0 Å². The summed E-state index contributed by atoms with van der Waals surface area (Å²) in [6, 6.07) is 2.66. The molecular weight excluding hydrogens is 240 g/mol. The van der Waals surface area contributed by atoms with Crippen LogP contribution in [0.3, 0.4) is 0 Å². The summed E-state index contributed by atoms with van der Waals surface area (Å²) in [5.41, 5.74) is 3.86. The van der Waals surface area contributed by atoms with Crippen molar-refractivity contribution >= 4 is 0 Å². The summed E-state index contributed by atoms with van der Waals surface area (Å²) in [6.45, 7) is 9.03. The maximum Gasteiger partial charge on any atom is 0.0641 e. The van der Waals surface area contributed by atoms with E-state index >= 15 is 0 Å². The van der Waals surface area contributed by atoms with E-state index in [9.17, 15) is 0 Å². The number of nitrogens with one attached hydrogen (secondary N) is 1. The SMILES string of the molecule is CCC(CC)n1ccc(CC(COC(C)C)NN)n1. The van der Waals surface area contributed by atoms with Crippen molar-refractivity contribution < 1.29 is 4.74 Å². The Morgan fingerprint density at radius 3 is 2.58 bits per heavy atom. The molecule has 1 heterocycles. The minimum Gasteiger partial charge on any atom is -0.377 e. The highest BCUT2D eigenvalue weighted by Gasteiger charge is 2.13. The van der Waals surface area contributed by atoms with E-state index in [2.05, 4.69) is 41.3 Å². The fraction of sp³-hybridized carbons (Fsp3) is 0.786. The molecule has 0 amide bonds. The Labute approximate surface area is 116 Å². The third kappa shape index (κ3) is 5.30. The molecule has 5 heteroatoms. The van der Waals surface area contributed by atoms with Crippen LogP contribution in [-0.2, 0) is 11.2 Å². The molecule has 1 aromatic heterocycles. The van der Waals surface area contributed by atoms with Crippen molar-refractivity contribution in [3.05, 3.63) is 18.0 Å². The van der Waals surface area contributed by atoms with Gasteiger partial charge in [-0.15, -0.1) is 0 Å². The number of nitrogens with two attached hydrogens (primary N) is 1. The van der Waals surface area contributed by atoms with E-state index in [0.29, 0.717) is 12.6 Å². The molecule has 0 aliphatic heterocycles. The molecule has 0 aliphatic carbocycles. The average molecular weight is 268 g/mol. The highest BCUT2D eigenvalue weighted by atomic mass is 16.5. The first-order valence-corrected chi connectivity index (χ1v) is 7.22. The molecular formula is C14H28N4O. The average Bonchev–Trinajstić information content (AvgIpc) is 2.84. The van der Waals surface area contributed by atoms with Gasteiger partial charge in [-0.2, -0.15) is 5.10 Å². The normalized spacial score (nSPS) is 13.4. The van der Waals surface area contributed by atoms with Crippen molar-refractivity contribution in [1.82, 2.24) is 15.2 Å². The Hall–Kier alpha value is -0.910. The van der Waals surface area contributed by atoms with Crippen LogP contribution in [0.1, 0.15) is 52.3 Å². The van der Waals surface area contributed by atoms with Crippen molar-refractivity contribution in [2.45, 2.75) is 65.1 Å². The molecule has 0 spiro atoms. The Balaban J connectivity index is 2.55. The quantitative estimate of drug-likeness (QED) is 0.531. The van der Waals surface area contributed by atoms with Gasteiger partial charge in [-0.3, -0.25) is 16.0 Å². The molecule has 19 heavy (non-hydrogen) atoms. The largest absolute Gasteiger partial charge is 0.377 e. The third-order valence-corrected chi connectivity index (χ3v) is 3.30. The van der Waals surface area contributed by atoms with E-state index in [1.54, 1.807) is 0 Å². The highest BCUT2D eigenvalue weighted by molar-refractivity contribution is 5.02. The number of ether oxygens (including phenoxy) is 1. The summed E-state index contributed by atoms with van der Waals surface area (Å²) < 4.78 is 7.65. The maximum atomic E-state index is 5.59. The molecule has 0 bridgehead atoms. The van der Waals surface area contributed by atoms with Crippen LogP contribution in [0, 0.1) is 0 Å². The minimum absolute atomic E-state index is 0.104. The van der Waals surface area contributed by atoms with Crippen molar-refractivity contribution in [2.24, 2.45) is 5.84 Å². The summed E-state index contributed by atoms with van der Waals surface area (Å²) >= 11 is 0. The lowest BCUT2D eigenvalue weighted by atomic mass is 10.2. The summed E-state index contributed by atoms with van der Waals surface area (Å²) in [4.78, 5) is 0. The standard InChI is InChI=1S/C14H28N4O/c1-5-14(6-2)18-8-7-12(17-18)9-13(16-15)10-19-11(3)4/h7-8,11,13-14,16H,5-6,9-10,15H2,1-4H3. The molecule has 0 radical (unpaired) electrons. The molecule has 3 N–H and O–H groups in total. The van der Waals surface area contributed by atoms with Crippen LogP contribution in [-0.4, -0.2) is 28.5 Å². The first kappa shape index (κ1) is 16.1. The topological polar surface area (TPSA) is 65.1 Å². The molecule has 0 fully saturated rings. The second-order valence-corrected chi connectivity index (χ2v) is 5.21. The molecule has 1 atom stereocenters. The maximum absolute atomic E-state index is 5.59. The van der Waals surface area contributed by atoms with E-state index in [1.807, 2.05) is 13.8 Å². The van der Waals surface area contributed by atoms with E-state index in [-0.39, 0.29) is 12.1 Å². The first-order chi connectivity index (χ1) is 9.10. The Kier molecular flexibility index (Phi) is 7.05. The van der Waals surface area contributed by atoms with Crippen molar-refractivity contribution in [1.29, 1.82) is 0 Å². The Morgan fingerprint density at radius 2 is 2.05 bits per heavy atom. The lowest BCUT2D eigenvalue weighted by Crippen LogP contribution is -2.41. The van der Waals surface area contributed by atoms with Gasteiger partial charge in [0, 0.05) is 12.6 Å².